The first-order valence-corrected chi connectivity index (χ1v) is 5.58. The summed E-state index contributed by atoms with van der Waals surface area (Å²) in [6, 6.07) is 12.6. The van der Waals surface area contributed by atoms with Crippen molar-refractivity contribution in [1.82, 2.24) is 0 Å². The van der Waals surface area contributed by atoms with Crippen LogP contribution in [0.1, 0.15) is 5.56 Å². The molecule has 0 atom stereocenters. The van der Waals surface area contributed by atoms with Gasteiger partial charge in [-0.1, -0.05) is 12.1 Å². The van der Waals surface area contributed by atoms with Crippen LogP contribution < -0.4 is 4.74 Å². The van der Waals surface area contributed by atoms with Gasteiger partial charge in [-0.25, -0.2) is 9.18 Å². The minimum atomic E-state index is -0.994. The van der Waals surface area contributed by atoms with Gasteiger partial charge in [0.1, 0.15) is 17.3 Å². The molecule has 4 heteroatoms. The molecule has 0 aliphatic carbocycles. The average molecular weight is 258 g/mol. The minimum absolute atomic E-state index is 0.318. The summed E-state index contributed by atoms with van der Waals surface area (Å²) in [5.74, 6) is -0.178. The molecule has 0 radical (unpaired) electrons. The van der Waals surface area contributed by atoms with Crippen LogP contribution in [0.4, 0.5) is 4.39 Å². The summed E-state index contributed by atoms with van der Waals surface area (Å²) >= 11 is 0. The number of rotatable bonds is 4. The van der Waals surface area contributed by atoms with Gasteiger partial charge in [0.15, 0.2) is 0 Å². The molecule has 0 bridgehead atoms. The molecule has 0 aromatic heterocycles. The normalized spacial score (nSPS) is 10.6. The lowest BCUT2D eigenvalue weighted by atomic mass is 10.2. The molecule has 96 valence electrons. The van der Waals surface area contributed by atoms with Crippen LogP contribution >= 0.6 is 0 Å². The van der Waals surface area contributed by atoms with Gasteiger partial charge in [0.05, 0.1) is 0 Å². The predicted octanol–water partition coefficient (Wildman–Crippen LogP) is 3.72. The van der Waals surface area contributed by atoms with E-state index in [1.54, 1.807) is 24.3 Å². The average Bonchev–Trinajstić information content (AvgIpc) is 2.40. The second-order valence-electron chi connectivity index (χ2n) is 3.80. The van der Waals surface area contributed by atoms with Crippen molar-refractivity contribution in [3.63, 3.8) is 0 Å². The van der Waals surface area contributed by atoms with E-state index in [1.807, 2.05) is 0 Å². The Labute approximate surface area is 109 Å². The molecule has 2 aromatic carbocycles. The maximum atomic E-state index is 12.7. The molecule has 0 aliphatic rings. The van der Waals surface area contributed by atoms with Crippen molar-refractivity contribution >= 4 is 12.0 Å². The van der Waals surface area contributed by atoms with Gasteiger partial charge in [-0.05, 0) is 48.0 Å². The van der Waals surface area contributed by atoms with Gasteiger partial charge in [-0.3, -0.25) is 0 Å². The highest BCUT2D eigenvalue weighted by Crippen LogP contribution is 2.22. The topological polar surface area (TPSA) is 46.5 Å². The number of carboxylic acid groups (broad SMARTS) is 1. The Morgan fingerprint density at radius 2 is 1.53 bits per heavy atom. The zero-order valence-corrected chi connectivity index (χ0v) is 9.92. The van der Waals surface area contributed by atoms with Crippen molar-refractivity contribution in [2.75, 3.05) is 0 Å². The van der Waals surface area contributed by atoms with Gasteiger partial charge in [0.2, 0.25) is 0 Å². The maximum absolute atomic E-state index is 12.7. The lowest BCUT2D eigenvalue weighted by Gasteiger charge is -2.05. The first kappa shape index (κ1) is 12.8. The summed E-state index contributed by atoms with van der Waals surface area (Å²) in [6.07, 6.45) is 2.56. The molecule has 0 saturated carbocycles. The van der Waals surface area contributed by atoms with E-state index >= 15 is 0 Å². The van der Waals surface area contributed by atoms with Crippen LogP contribution in [0.2, 0.25) is 0 Å². The van der Waals surface area contributed by atoms with E-state index in [9.17, 15) is 9.18 Å². The third kappa shape index (κ3) is 3.96. The van der Waals surface area contributed by atoms with Gasteiger partial charge in [-0.15, -0.1) is 0 Å². The van der Waals surface area contributed by atoms with E-state index in [-0.39, 0.29) is 5.82 Å². The first-order chi connectivity index (χ1) is 9.13. The largest absolute Gasteiger partial charge is 0.478 e. The molecular formula is C15H11FO3. The summed E-state index contributed by atoms with van der Waals surface area (Å²) in [4.78, 5) is 10.4. The highest BCUT2D eigenvalue weighted by Gasteiger charge is 1.98. The van der Waals surface area contributed by atoms with Gasteiger partial charge in [-0.2, -0.15) is 0 Å². The lowest BCUT2D eigenvalue weighted by Crippen LogP contribution is -1.86. The highest BCUT2D eigenvalue weighted by atomic mass is 19.1. The highest BCUT2D eigenvalue weighted by molar-refractivity contribution is 5.85. The molecule has 0 unspecified atom stereocenters. The molecule has 3 nitrogen and oxygen atoms in total. The van der Waals surface area contributed by atoms with E-state index in [1.165, 1.54) is 30.3 Å². The first-order valence-electron chi connectivity index (χ1n) is 5.58. The number of carbonyl (C=O) groups is 1. The smallest absolute Gasteiger partial charge is 0.328 e. The quantitative estimate of drug-likeness (QED) is 0.850. The van der Waals surface area contributed by atoms with Gasteiger partial charge >= 0.3 is 5.97 Å². The minimum Gasteiger partial charge on any atom is -0.478 e. The second kappa shape index (κ2) is 5.82. The number of halogens is 1. The third-order valence-electron chi connectivity index (χ3n) is 2.35. The number of hydrogen-bond donors (Lipinski definition) is 1. The number of hydrogen-bond acceptors (Lipinski definition) is 2. The Balaban J connectivity index is 2.06. The Morgan fingerprint density at radius 1 is 1.00 bits per heavy atom. The van der Waals surface area contributed by atoms with Crippen molar-refractivity contribution in [2.24, 2.45) is 0 Å². The monoisotopic (exact) mass is 258 g/mol. The van der Waals surface area contributed by atoms with Crippen LogP contribution in [-0.4, -0.2) is 11.1 Å². The van der Waals surface area contributed by atoms with E-state index in [2.05, 4.69) is 0 Å². The van der Waals surface area contributed by atoms with Crippen LogP contribution in [0.25, 0.3) is 6.08 Å². The van der Waals surface area contributed by atoms with E-state index in [0.717, 1.165) is 11.6 Å². The zero-order chi connectivity index (χ0) is 13.7. The van der Waals surface area contributed by atoms with Gasteiger partial charge < -0.3 is 9.84 Å². The Bertz CT molecular complexity index is 586. The SMILES string of the molecule is O=C(O)/C=C/c1ccc(Oc2ccc(F)cc2)cc1. The third-order valence-corrected chi connectivity index (χ3v) is 2.35. The molecule has 0 heterocycles. The van der Waals surface area contributed by atoms with Crippen LogP contribution in [0.5, 0.6) is 11.5 Å². The van der Waals surface area contributed by atoms with Crippen LogP contribution in [0, 0.1) is 5.82 Å². The van der Waals surface area contributed by atoms with E-state index < -0.39 is 5.97 Å². The van der Waals surface area contributed by atoms with Gasteiger partial charge in [0.25, 0.3) is 0 Å². The Morgan fingerprint density at radius 3 is 2.05 bits per heavy atom. The number of aliphatic carboxylic acids is 1. The van der Waals surface area contributed by atoms with Crippen molar-refractivity contribution < 1.29 is 19.0 Å². The lowest BCUT2D eigenvalue weighted by molar-refractivity contribution is -0.131. The summed E-state index contributed by atoms with van der Waals surface area (Å²) in [5, 5.41) is 8.50. The molecule has 2 aromatic rings. The molecular weight excluding hydrogens is 247 g/mol. The number of ether oxygens (including phenoxy) is 1. The predicted molar refractivity (Wildman–Crippen MR) is 69.6 cm³/mol. The molecule has 0 fully saturated rings. The molecule has 0 saturated heterocycles. The summed E-state index contributed by atoms with van der Waals surface area (Å²) in [6.45, 7) is 0. The standard InChI is InChI=1S/C15H11FO3/c16-12-4-8-14(9-5-12)19-13-6-1-11(2-7-13)3-10-15(17)18/h1-10H,(H,17,18)/b10-3+. The molecule has 0 aliphatic heterocycles. The Hall–Kier alpha value is -2.62. The van der Waals surface area contributed by atoms with Crippen molar-refractivity contribution in [3.05, 3.63) is 66.0 Å². The van der Waals surface area contributed by atoms with Crippen LogP contribution in [0.3, 0.4) is 0 Å². The van der Waals surface area contributed by atoms with E-state index in [4.69, 9.17) is 9.84 Å². The molecule has 2 rings (SSSR count). The van der Waals surface area contributed by atoms with Crippen molar-refractivity contribution in [2.45, 2.75) is 0 Å². The van der Waals surface area contributed by atoms with Crippen molar-refractivity contribution in [1.29, 1.82) is 0 Å². The number of carboxylic acids is 1. The zero-order valence-electron chi connectivity index (χ0n) is 9.92. The number of benzene rings is 2. The second-order valence-corrected chi connectivity index (χ2v) is 3.80. The van der Waals surface area contributed by atoms with Crippen LogP contribution in [-0.2, 0) is 4.79 Å². The van der Waals surface area contributed by atoms with Gasteiger partial charge in [0, 0.05) is 6.08 Å². The maximum Gasteiger partial charge on any atom is 0.328 e. The molecule has 0 spiro atoms. The Kier molecular flexibility index (Phi) is 3.93. The fourth-order valence-electron chi connectivity index (χ4n) is 1.45. The fraction of sp³-hybridized carbons (Fsp3) is 0. The summed E-state index contributed by atoms with van der Waals surface area (Å²) in [5.41, 5.74) is 0.758. The fourth-order valence-corrected chi connectivity index (χ4v) is 1.45. The summed E-state index contributed by atoms with van der Waals surface area (Å²) in [7, 11) is 0. The van der Waals surface area contributed by atoms with Crippen molar-refractivity contribution in [3.8, 4) is 11.5 Å². The molecule has 19 heavy (non-hydrogen) atoms. The summed E-state index contributed by atoms with van der Waals surface area (Å²) < 4.78 is 18.2. The molecule has 1 N–H and O–H groups in total. The van der Waals surface area contributed by atoms with Crippen LogP contribution in [0.15, 0.2) is 54.6 Å². The molecule has 0 amide bonds. The van der Waals surface area contributed by atoms with E-state index in [0.29, 0.717) is 11.5 Å².